The Balaban J connectivity index is 1.82. The Hall–Kier alpha value is -1.40. The van der Waals surface area contributed by atoms with Crippen molar-refractivity contribution < 1.29 is 5.11 Å². The summed E-state index contributed by atoms with van der Waals surface area (Å²) in [6, 6.07) is 0.370. The van der Waals surface area contributed by atoms with Gasteiger partial charge in [0, 0.05) is 38.1 Å². The molecule has 0 saturated heterocycles. The van der Waals surface area contributed by atoms with Gasteiger partial charge in [0.05, 0.1) is 6.10 Å². The van der Waals surface area contributed by atoms with Crippen LogP contribution in [0.3, 0.4) is 0 Å². The SMILES string of the molecule is CC(O)CNCCNc1nccn(C2CC2)c1=O. The van der Waals surface area contributed by atoms with E-state index in [9.17, 15) is 4.79 Å². The minimum Gasteiger partial charge on any atom is -0.392 e. The van der Waals surface area contributed by atoms with Crippen molar-refractivity contribution in [2.75, 3.05) is 25.0 Å². The molecule has 100 valence electrons. The average molecular weight is 252 g/mol. The normalized spacial score (nSPS) is 16.6. The van der Waals surface area contributed by atoms with Crippen molar-refractivity contribution in [1.29, 1.82) is 0 Å². The van der Waals surface area contributed by atoms with E-state index < -0.39 is 0 Å². The number of aliphatic hydroxyl groups is 1. The molecule has 1 fully saturated rings. The summed E-state index contributed by atoms with van der Waals surface area (Å²) in [5, 5.41) is 15.2. The van der Waals surface area contributed by atoms with Crippen molar-refractivity contribution in [2.24, 2.45) is 0 Å². The molecule has 1 aromatic rings. The van der Waals surface area contributed by atoms with Gasteiger partial charge in [0.2, 0.25) is 0 Å². The first-order valence-corrected chi connectivity index (χ1v) is 6.38. The molecule has 1 aromatic heterocycles. The molecule has 1 atom stereocenters. The lowest BCUT2D eigenvalue weighted by molar-refractivity contribution is 0.192. The van der Waals surface area contributed by atoms with E-state index >= 15 is 0 Å². The summed E-state index contributed by atoms with van der Waals surface area (Å²) in [7, 11) is 0. The summed E-state index contributed by atoms with van der Waals surface area (Å²) >= 11 is 0. The highest BCUT2D eigenvalue weighted by atomic mass is 16.3. The van der Waals surface area contributed by atoms with Gasteiger partial charge >= 0.3 is 0 Å². The first kappa shape index (κ1) is 13.0. The molecular weight excluding hydrogens is 232 g/mol. The van der Waals surface area contributed by atoms with Crippen LogP contribution in [0.25, 0.3) is 0 Å². The fraction of sp³-hybridized carbons (Fsp3) is 0.667. The smallest absolute Gasteiger partial charge is 0.293 e. The van der Waals surface area contributed by atoms with Crippen molar-refractivity contribution in [3.8, 4) is 0 Å². The van der Waals surface area contributed by atoms with Crippen molar-refractivity contribution in [2.45, 2.75) is 31.9 Å². The van der Waals surface area contributed by atoms with Gasteiger partial charge in [0.1, 0.15) is 0 Å². The van der Waals surface area contributed by atoms with Crippen LogP contribution >= 0.6 is 0 Å². The van der Waals surface area contributed by atoms with Crippen LogP contribution in [-0.4, -0.2) is 40.4 Å². The molecule has 0 spiro atoms. The van der Waals surface area contributed by atoms with E-state index in [1.54, 1.807) is 23.9 Å². The summed E-state index contributed by atoms with van der Waals surface area (Å²) in [4.78, 5) is 16.1. The molecule has 1 heterocycles. The van der Waals surface area contributed by atoms with E-state index in [-0.39, 0.29) is 11.7 Å². The van der Waals surface area contributed by atoms with Crippen molar-refractivity contribution >= 4 is 5.82 Å². The fourth-order valence-corrected chi connectivity index (χ4v) is 1.77. The molecule has 0 aliphatic heterocycles. The van der Waals surface area contributed by atoms with Gasteiger partial charge < -0.3 is 20.3 Å². The first-order valence-electron chi connectivity index (χ1n) is 6.38. The van der Waals surface area contributed by atoms with Crippen LogP contribution in [0, 0.1) is 0 Å². The third-order valence-corrected chi connectivity index (χ3v) is 2.84. The van der Waals surface area contributed by atoms with Crippen LogP contribution in [0.15, 0.2) is 17.2 Å². The van der Waals surface area contributed by atoms with E-state index in [4.69, 9.17) is 5.11 Å². The monoisotopic (exact) mass is 252 g/mol. The molecule has 0 amide bonds. The van der Waals surface area contributed by atoms with Gasteiger partial charge in [-0.15, -0.1) is 0 Å². The Labute approximate surface area is 106 Å². The first-order chi connectivity index (χ1) is 8.68. The van der Waals surface area contributed by atoms with Gasteiger partial charge in [-0.1, -0.05) is 0 Å². The zero-order valence-electron chi connectivity index (χ0n) is 10.6. The Morgan fingerprint density at radius 1 is 1.56 bits per heavy atom. The molecule has 1 unspecified atom stereocenters. The van der Waals surface area contributed by atoms with Gasteiger partial charge in [-0.2, -0.15) is 0 Å². The highest BCUT2D eigenvalue weighted by Gasteiger charge is 2.25. The second kappa shape index (κ2) is 5.97. The summed E-state index contributed by atoms with van der Waals surface area (Å²) in [6.07, 6.45) is 5.22. The van der Waals surface area contributed by atoms with Gasteiger partial charge in [0.15, 0.2) is 5.82 Å². The van der Waals surface area contributed by atoms with Gasteiger partial charge in [-0.25, -0.2) is 4.98 Å². The number of rotatable bonds is 7. The average Bonchev–Trinajstić information content (AvgIpc) is 3.14. The number of aliphatic hydroxyl groups excluding tert-OH is 1. The maximum Gasteiger partial charge on any atom is 0.293 e. The zero-order valence-corrected chi connectivity index (χ0v) is 10.6. The van der Waals surface area contributed by atoms with Gasteiger partial charge in [-0.3, -0.25) is 4.79 Å². The molecule has 6 heteroatoms. The number of hydrogen-bond donors (Lipinski definition) is 3. The largest absolute Gasteiger partial charge is 0.392 e. The van der Waals surface area contributed by atoms with Crippen LogP contribution < -0.4 is 16.2 Å². The Bertz CT molecular complexity index is 440. The van der Waals surface area contributed by atoms with E-state index in [1.807, 2.05) is 0 Å². The molecule has 2 rings (SSSR count). The molecule has 18 heavy (non-hydrogen) atoms. The van der Waals surface area contributed by atoms with E-state index in [0.717, 1.165) is 12.8 Å². The topological polar surface area (TPSA) is 79.2 Å². The Morgan fingerprint density at radius 3 is 3.00 bits per heavy atom. The maximum atomic E-state index is 12.0. The molecule has 1 aliphatic carbocycles. The van der Waals surface area contributed by atoms with Crippen LogP contribution in [0.2, 0.25) is 0 Å². The van der Waals surface area contributed by atoms with Crippen LogP contribution in [0.1, 0.15) is 25.8 Å². The Morgan fingerprint density at radius 2 is 2.33 bits per heavy atom. The van der Waals surface area contributed by atoms with E-state index in [1.165, 1.54) is 0 Å². The fourth-order valence-electron chi connectivity index (χ4n) is 1.77. The number of nitrogens with one attached hydrogen (secondary N) is 2. The lowest BCUT2D eigenvalue weighted by Gasteiger charge is -2.09. The third kappa shape index (κ3) is 3.54. The lowest BCUT2D eigenvalue weighted by Crippen LogP contribution is -2.31. The van der Waals surface area contributed by atoms with Crippen LogP contribution in [0.4, 0.5) is 5.82 Å². The lowest BCUT2D eigenvalue weighted by atomic mass is 10.4. The maximum absolute atomic E-state index is 12.0. The number of nitrogens with zero attached hydrogens (tertiary/aromatic N) is 2. The highest BCUT2D eigenvalue weighted by Crippen LogP contribution is 2.33. The van der Waals surface area contributed by atoms with Crippen molar-refractivity contribution in [3.63, 3.8) is 0 Å². The number of anilines is 1. The predicted molar refractivity (Wildman–Crippen MR) is 69.8 cm³/mol. The van der Waals surface area contributed by atoms with Crippen LogP contribution in [-0.2, 0) is 0 Å². The summed E-state index contributed by atoms with van der Waals surface area (Å²) in [5.74, 6) is 0.406. The second-order valence-electron chi connectivity index (χ2n) is 4.70. The molecule has 0 radical (unpaired) electrons. The van der Waals surface area contributed by atoms with Gasteiger partial charge in [-0.05, 0) is 19.8 Å². The minimum absolute atomic E-state index is 0.0458. The highest BCUT2D eigenvalue weighted by molar-refractivity contribution is 5.31. The van der Waals surface area contributed by atoms with Crippen molar-refractivity contribution in [3.05, 3.63) is 22.7 Å². The molecule has 6 nitrogen and oxygen atoms in total. The molecule has 3 N–H and O–H groups in total. The summed E-state index contributed by atoms with van der Waals surface area (Å²) < 4.78 is 1.75. The quantitative estimate of drug-likeness (QED) is 0.593. The standard InChI is InChI=1S/C12H20N4O2/c1-9(17)8-13-4-5-14-11-12(18)16(7-6-15-11)10-2-3-10/h6-7,9-10,13,17H,2-5,8H2,1H3,(H,14,15). The summed E-state index contributed by atoms with van der Waals surface area (Å²) in [6.45, 7) is 3.58. The van der Waals surface area contributed by atoms with E-state index in [0.29, 0.717) is 31.5 Å². The third-order valence-electron chi connectivity index (χ3n) is 2.84. The minimum atomic E-state index is -0.355. The molecule has 1 aliphatic rings. The second-order valence-corrected chi connectivity index (χ2v) is 4.70. The molecular formula is C12H20N4O2. The van der Waals surface area contributed by atoms with Crippen molar-refractivity contribution in [1.82, 2.24) is 14.9 Å². The number of aromatic nitrogens is 2. The molecule has 1 saturated carbocycles. The molecule has 0 aromatic carbocycles. The van der Waals surface area contributed by atoms with Gasteiger partial charge in [0.25, 0.3) is 5.56 Å². The summed E-state index contributed by atoms with van der Waals surface area (Å²) in [5.41, 5.74) is -0.0458. The van der Waals surface area contributed by atoms with E-state index in [2.05, 4.69) is 15.6 Å². The van der Waals surface area contributed by atoms with Crippen LogP contribution in [0.5, 0.6) is 0 Å². The predicted octanol–water partition coefficient (Wildman–Crippen LogP) is -0.0395. The Kier molecular flexibility index (Phi) is 4.33. The zero-order chi connectivity index (χ0) is 13.0. The molecule has 0 bridgehead atoms. The number of hydrogen-bond acceptors (Lipinski definition) is 5.